The SMILES string of the molecule is O=c1c2cncn2c2ccccc2n1CC1(CO)COC1. The molecule has 0 amide bonds. The molecule has 0 saturated carbocycles. The zero-order chi connectivity index (χ0) is 14.4. The lowest BCUT2D eigenvalue weighted by atomic mass is 9.87. The van der Waals surface area contributed by atoms with E-state index >= 15 is 0 Å². The summed E-state index contributed by atoms with van der Waals surface area (Å²) in [4.78, 5) is 16.8. The quantitative estimate of drug-likeness (QED) is 0.767. The predicted molar refractivity (Wildman–Crippen MR) is 77.3 cm³/mol. The van der Waals surface area contributed by atoms with E-state index in [1.807, 2.05) is 24.3 Å². The molecule has 3 aromatic rings. The number of ether oxygens (including phenoxy) is 1. The molecule has 3 heterocycles. The van der Waals surface area contributed by atoms with Crippen LogP contribution >= 0.6 is 0 Å². The van der Waals surface area contributed by atoms with Gasteiger partial charge in [0.25, 0.3) is 5.56 Å². The van der Waals surface area contributed by atoms with E-state index in [4.69, 9.17) is 4.74 Å². The van der Waals surface area contributed by atoms with Gasteiger partial charge in [0, 0.05) is 6.54 Å². The van der Waals surface area contributed by atoms with Crippen molar-refractivity contribution >= 4 is 16.6 Å². The number of fused-ring (bicyclic) bond motifs is 3. The summed E-state index contributed by atoms with van der Waals surface area (Å²) in [6.07, 6.45) is 3.23. The van der Waals surface area contributed by atoms with Crippen molar-refractivity contribution in [3.05, 3.63) is 47.1 Å². The van der Waals surface area contributed by atoms with E-state index in [2.05, 4.69) is 4.98 Å². The van der Waals surface area contributed by atoms with Crippen LogP contribution in [-0.2, 0) is 11.3 Å². The normalized spacial score (nSPS) is 17.2. The molecule has 4 rings (SSSR count). The minimum absolute atomic E-state index is 0.0121. The second-order valence-corrected chi connectivity index (χ2v) is 5.68. The van der Waals surface area contributed by atoms with Crippen LogP contribution in [0.2, 0.25) is 0 Å². The molecule has 0 bridgehead atoms. The van der Waals surface area contributed by atoms with Crippen molar-refractivity contribution in [1.82, 2.24) is 14.0 Å². The largest absolute Gasteiger partial charge is 0.396 e. The first kappa shape index (κ1) is 12.6. The molecule has 21 heavy (non-hydrogen) atoms. The maximum atomic E-state index is 12.7. The van der Waals surface area contributed by atoms with Gasteiger partial charge in [-0.2, -0.15) is 0 Å². The molecule has 0 spiro atoms. The van der Waals surface area contributed by atoms with E-state index in [0.717, 1.165) is 11.0 Å². The molecule has 0 atom stereocenters. The van der Waals surface area contributed by atoms with Gasteiger partial charge < -0.3 is 14.4 Å². The number of aromatic nitrogens is 3. The average molecular weight is 285 g/mol. The Morgan fingerprint density at radius 1 is 1.24 bits per heavy atom. The van der Waals surface area contributed by atoms with Gasteiger partial charge in [0.15, 0.2) is 0 Å². The van der Waals surface area contributed by atoms with Gasteiger partial charge in [-0.3, -0.25) is 9.20 Å². The van der Waals surface area contributed by atoms with Gasteiger partial charge in [-0.05, 0) is 12.1 Å². The summed E-state index contributed by atoms with van der Waals surface area (Å²) in [6, 6.07) is 7.72. The minimum atomic E-state index is -0.356. The maximum Gasteiger partial charge on any atom is 0.276 e. The number of rotatable bonds is 3. The highest BCUT2D eigenvalue weighted by atomic mass is 16.5. The van der Waals surface area contributed by atoms with Crippen LogP contribution in [0.1, 0.15) is 0 Å². The smallest absolute Gasteiger partial charge is 0.276 e. The van der Waals surface area contributed by atoms with Gasteiger partial charge in [-0.25, -0.2) is 4.98 Å². The molecular weight excluding hydrogens is 270 g/mol. The summed E-state index contributed by atoms with van der Waals surface area (Å²) in [5, 5.41) is 9.62. The Balaban J connectivity index is 2.01. The summed E-state index contributed by atoms with van der Waals surface area (Å²) in [5.41, 5.74) is 1.86. The first-order valence-corrected chi connectivity index (χ1v) is 6.86. The lowest BCUT2D eigenvalue weighted by Gasteiger charge is -2.40. The monoisotopic (exact) mass is 285 g/mol. The van der Waals surface area contributed by atoms with E-state index < -0.39 is 0 Å². The topological polar surface area (TPSA) is 68.8 Å². The number of aliphatic hydroxyl groups excluding tert-OH is 1. The van der Waals surface area contributed by atoms with Crippen LogP contribution in [0.5, 0.6) is 0 Å². The van der Waals surface area contributed by atoms with Crippen molar-refractivity contribution in [1.29, 1.82) is 0 Å². The molecule has 0 unspecified atom stereocenters. The molecule has 0 radical (unpaired) electrons. The molecule has 1 aliphatic rings. The fourth-order valence-electron chi connectivity index (χ4n) is 2.90. The molecule has 0 aliphatic carbocycles. The molecule has 1 N–H and O–H groups in total. The highest BCUT2D eigenvalue weighted by Gasteiger charge is 2.39. The first-order valence-electron chi connectivity index (χ1n) is 6.86. The Labute approximate surface area is 120 Å². The van der Waals surface area contributed by atoms with Crippen molar-refractivity contribution in [3.63, 3.8) is 0 Å². The number of aliphatic hydroxyl groups is 1. The van der Waals surface area contributed by atoms with Crippen LogP contribution in [0.25, 0.3) is 16.6 Å². The molecule has 1 aromatic carbocycles. The Morgan fingerprint density at radius 3 is 2.67 bits per heavy atom. The third-order valence-electron chi connectivity index (χ3n) is 4.18. The zero-order valence-electron chi connectivity index (χ0n) is 11.4. The van der Waals surface area contributed by atoms with Gasteiger partial charge in [0.2, 0.25) is 0 Å². The van der Waals surface area contributed by atoms with Gasteiger partial charge in [-0.1, -0.05) is 12.1 Å². The first-order chi connectivity index (χ1) is 10.2. The summed E-state index contributed by atoms with van der Waals surface area (Å²) in [5.74, 6) is 0. The van der Waals surface area contributed by atoms with E-state index in [9.17, 15) is 9.90 Å². The summed E-state index contributed by atoms with van der Waals surface area (Å²) >= 11 is 0. The van der Waals surface area contributed by atoms with E-state index in [1.165, 1.54) is 0 Å². The van der Waals surface area contributed by atoms with Crippen molar-refractivity contribution in [3.8, 4) is 0 Å². The van der Waals surface area contributed by atoms with Crippen molar-refractivity contribution in [2.75, 3.05) is 19.8 Å². The van der Waals surface area contributed by atoms with Crippen LogP contribution in [0, 0.1) is 5.41 Å². The number of hydrogen-bond acceptors (Lipinski definition) is 4. The fourth-order valence-corrected chi connectivity index (χ4v) is 2.90. The number of benzene rings is 1. The predicted octanol–water partition coefficient (Wildman–Crippen LogP) is 0.658. The fraction of sp³-hybridized carbons (Fsp3) is 0.333. The Bertz CT molecular complexity index is 871. The third-order valence-corrected chi connectivity index (χ3v) is 4.18. The molecule has 108 valence electrons. The molecule has 1 aliphatic heterocycles. The van der Waals surface area contributed by atoms with Gasteiger partial charge in [-0.15, -0.1) is 0 Å². The third kappa shape index (κ3) is 1.73. The Hall–Kier alpha value is -2.18. The van der Waals surface area contributed by atoms with Crippen LogP contribution < -0.4 is 5.56 Å². The zero-order valence-corrected chi connectivity index (χ0v) is 11.4. The molecule has 2 aromatic heterocycles. The Morgan fingerprint density at radius 2 is 2.00 bits per heavy atom. The second-order valence-electron chi connectivity index (χ2n) is 5.68. The lowest BCUT2D eigenvalue weighted by Crippen LogP contribution is -2.50. The minimum Gasteiger partial charge on any atom is -0.396 e. The average Bonchev–Trinajstić information content (AvgIpc) is 2.96. The van der Waals surface area contributed by atoms with Crippen molar-refractivity contribution in [2.45, 2.75) is 6.54 Å². The molecule has 6 nitrogen and oxygen atoms in total. The molecule has 1 fully saturated rings. The standard InChI is InChI=1S/C15H15N3O3/c19-7-15(8-21-9-15)6-17-11-3-1-2-4-12(11)18-10-16-5-13(18)14(17)20/h1-5,10,19H,6-9H2. The van der Waals surface area contributed by atoms with Crippen molar-refractivity contribution in [2.24, 2.45) is 5.41 Å². The summed E-state index contributed by atoms with van der Waals surface area (Å²) < 4.78 is 8.76. The van der Waals surface area contributed by atoms with Crippen LogP contribution in [0.4, 0.5) is 0 Å². The van der Waals surface area contributed by atoms with Gasteiger partial charge in [0.05, 0.1) is 48.8 Å². The number of para-hydroxylation sites is 2. The molecule has 1 saturated heterocycles. The highest BCUT2D eigenvalue weighted by Crippen LogP contribution is 2.29. The maximum absolute atomic E-state index is 12.7. The Kier molecular flexibility index (Phi) is 2.63. The van der Waals surface area contributed by atoms with E-state index in [-0.39, 0.29) is 17.6 Å². The summed E-state index contributed by atoms with van der Waals surface area (Å²) in [6.45, 7) is 1.42. The number of imidazole rings is 1. The number of nitrogens with zero attached hydrogens (tertiary/aromatic N) is 3. The van der Waals surface area contributed by atoms with Crippen LogP contribution in [-0.4, -0.2) is 38.9 Å². The van der Waals surface area contributed by atoms with Crippen LogP contribution in [0.15, 0.2) is 41.6 Å². The van der Waals surface area contributed by atoms with E-state index in [1.54, 1.807) is 21.5 Å². The highest BCUT2D eigenvalue weighted by molar-refractivity contribution is 5.78. The summed E-state index contributed by atoms with van der Waals surface area (Å²) in [7, 11) is 0. The van der Waals surface area contributed by atoms with Crippen LogP contribution in [0.3, 0.4) is 0 Å². The van der Waals surface area contributed by atoms with E-state index in [0.29, 0.717) is 25.3 Å². The van der Waals surface area contributed by atoms with Crippen molar-refractivity contribution < 1.29 is 9.84 Å². The van der Waals surface area contributed by atoms with Gasteiger partial charge >= 0.3 is 0 Å². The van der Waals surface area contributed by atoms with Gasteiger partial charge in [0.1, 0.15) is 5.52 Å². The number of hydrogen-bond donors (Lipinski definition) is 1. The molecule has 6 heteroatoms. The molecular formula is C15H15N3O3. The lowest BCUT2D eigenvalue weighted by molar-refractivity contribution is -0.144. The second kappa shape index (κ2) is 4.41.